The van der Waals surface area contributed by atoms with Crippen molar-refractivity contribution < 1.29 is 18.8 Å². The first-order valence-corrected chi connectivity index (χ1v) is 7.88. The molecule has 1 aliphatic heterocycles. The van der Waals surface area contributed by atoms with E-state index in [0.29, 0.717) is 6.61 Å². The fourth-order valence-electron chi connectivity index (χ4n) is 2.29. The quantitative estimate of drug-likeness (QED) is 0.600. The van der Waals surface area contributed by atoms with Crippen molar-refractivity contribution >= 4 is 18.6 Å². The Balaban J connectivity index is 2.15. The van der Waals surface area contributed by atoms with Crippen LogP contribution in [0, 0.1) is 0 Å². The van der Waals surface area contributed by atoms with Gasteiger partial charge in [0.1, 0.15) is 0 Å². The van der Waals surface area contributed by atoms with E-state index in [4.69, 9.17) is 14.0 Å². The molecule has 1 saturated heterocycles. The number of aromatic nitrogens is 1. The lowest BCUT2D eigenvalue weighted by Crippen LogP contribution is -2.41. The highest BCUT2D eigenvalue weighted by molar-refractivity contribution is 6.62. The van der Waals surface area contributed by atoms with Crippen molar-refractivity contribution in [3.05, 3.63) is 28.7 Å². The summed E-state index contributed by atoms with van der Waals surface area (Å²) in [7, 11) is -0.533. The molecule has 0 unspecified atom stereocenters. The van der Waals surface area contributed by atoms with Gasteiger partial charge in [-0.1, -0.05) is 6.07 Å². The number of hydrogen-bond acceptors (Lipinski definition) is 5. The third kappa shape index (κ3) is 3.84. The number of carbonyl (C=O) groups excluding carboxylic acids is 1. The molecule has 0 spiro atoms. The van der Waals surface area contributed by atoms with Crippen LogP contribution in [0.5, 0.6) is 0 Å². The second-order valence-electron chi connectivity index (χ2n) is 6.64. The number of carbonyl (C=O) groups is 1. The van der Waals surface area contributed by atoms with Gasteiger partial charge in [-0.15, -0.1) is 0 Å². The number of hydrogen-bond donors (Lipinski definition) is 0. The van der Waals surface area contributed by atoms with Crippen LogP contribution < -0.4 is 11.0 Å². The van der Waals surface area contributed by atoms with E-state index in [9.17, 15) is 9.59 Å². The van der Waals surface area contributed by atoms with Crippen molar-refractivity contribution in [3.8, 4) is 0 Å². The maximum Gasteiger partial charge on any atom is 0.496 e. The zero-order chi connectivity index (χ0) is 17.3. The zero-order valence-electron chi connectivity index (χ0n) is 14.4. The first kappa shape index (κ1) is 17.8. The molecule has 2 heterocycles. The van der Waals surface area contributed by atoms with Crippen molar-refractivity contribution in [1.82, 2.24) is 4.57 Å². The first-order valence-electron chi connectivity index (χ1n) is 7.88. The number of rotatable bonds is 5. The fourth-order valence-corrected chi connectivity index (χ4v) is 2.29. The number of nitrogens with zero attached hydrogens (tertiary/aromatic N) is 1. The molecule has 0 saturated carbocycles. The lowest BCUT2D eigenvalue weighted by Gasteiger charge is -2.32. The van der Waals surface area contributed by atoms with E-state index >= 15 is 0 Å². The molecule has 0 aliphatic carbocycles. The molecule has 2 rings (SSSR count). The minimum absolute atomic E-state index is 0.153. The summed E-state index contributed by atoms with van der Waals surface area (Å²) >= 11 is 0. The van der Waals surface area contributed by atoms with Crippen LogP contribution in [0.15, 0.2) is 23.1 Å². The predicted octanol–water partition coefficient (Wildman–Crippen LogP) is 1.10. The SMILES string of the molecule is CCOC(=O)CCn1cc(B2OC(C)(C)C(C)(C)O2)ccc1=O. The molecule has 0 atom stereocenters. The molecule has 0 radical (unpaired) electrons. The molecule has 126 valence electrons. The van der Waals surface area contributed by atoms with Crippen molar-refractivity contribution in [2.24, 2.45) is 0 Å². The Morgan fingerprint density at radius 3 is 2.39 bits per heavy atom. The van der Waals surface area contributed by atoms with Crippen LogP contribution in [0.25, 0.3) is 0 Å². The molecule has 1 aliphatic rings. The Morgan fingerprint density at radius 1 is 1.22 bits per heavy atom. The third-order valence-corrected chi connectivity index (χ3v) is 4.39. The highest BCUT2D eigenvalue weighted by atomic mass is 16.7. The largest absolute Gasteiger partial charge is 0.496 e. The summed E-state index contributed by atoms with van der Waals surface area (Å²) in [4.78, 5) is 23.4. The number of pyridine rings is 1. The average molecular weight is 321 g/mol. The highest BCUT2D eigenvalue weighted by Crippen LogP contribution is 2.36. The van der Waals surface area contributed by atoms with Crippen LogP contribution in [0.4, 0.5) is 0 Å². The van der Waals surface area contributed by atoms with Gasteiger partial charge in [0, 0.05) is 18.8 Å². The number of ether oxygens (including phenoxy) is 1. The lowest BCUT2D eigenvalue weighted by atomic mass is 9.80. The van der Waals surface area contributed by atoms with Gasteiger partial charge < -0.3 is 18.6 Å². The smallest absolute Gasteiger partial charge is 0.466 e. The Hall–Kier alpha value is -1.60. The summed E-state index contributed by atoms with van der Waals surface area (Å²) in [6, 6.07) is 3.16. The van der Waals surface area contributed by atoms with Crippen LogP contribution >= 0.6 is 0 Å². The number of esters is 1. The fraction of sp³-hybridized carbons (Fsp3) is 0.625. The molecule has 6 nitrogen and oxygen atoms in total. The summed E-state index contributed by atoms with van der Waals surface area (Å²) in [5, 5.41) is 0. The molecule has 0 amide bonds. The summed E-state index contributed by atoms with van der Waals surface area (Å²) in [5.74, 6) is -0.319. The van der Waals surface area contributed by atoms with E-state index in [1.165, 1.54) is 10.6 Å². The summed E-state index contributed by atoms with van der Waals surface area (Å²) in [5.41, 5.74) is -0.297. The normalized spacial score (nSPS) is 18.9. The highest BCUT2D eigenvalue weighted by Gasteiger charge is 2.51. The van der Waals surface area contributed by atoms with Crippen molar-refractivity contribution in [3.63, 3.8) is 0 Å². The van der Waals surface area contributed by atoms with E-state index in [1.807, 2.05) is 27.7 Å². The maximum atomic E-state index is 11.9. The molecule has 0 N–H and O–H groups in total. The standard InChI is InChI=1S/C16H24BNO5/c1-6-21-14(20)9-10-18-11-12(7-8-13(18)19)17-22-15(2,3)16(4,5)23-17/h7-8,11H,6,9-10H2,1-5H3. The second-order valence-corrected chi connectivity index (χ2v) is 6.64. The minimum atomic E-state index is -0.533. The second kappa shape index (κ2) is 6.49. The van der Waals surface area contributed by atoms with Crippen molar-refractivity contribution in [2.45, 2.75) is 58.8 Å². The van der Waals surface area contributed by atoms with Gasteiger partial charge in [0.2, 0.25) is 5.56 Å². The van der Waals surface area contributed by atoms with Gasteiger partial charge in [-0.3, -0.25) is 9.59 Å². The zero-order valence-corrected chi connectivity index (χ0v) is 14.4. The van der Waals surface area contributed by atoms with Crippen molar-refractivity contribution in [1.29, 1.82) is 0 Å². The average Bonchev–Trinajstić information content (AvgIpc) is 2.67. The molecule has 1 aromatic heterocycles. The summed E-state index contributed by atoms with van der Waals surface area (Å²) in [6.45, 7) is 10.3. The van der Waals surface area contributed by atoms with Crippen LogP contribution in [0.1, 0.15) is 41.0 Å². The van der Waals surface area contributed by atoms with Gasteiger partial charge in [0.05, 0.1) is 24.2 Å². The Kier molecular flexibility index (Phi) is 5.01. The lowest BCUT2D eigenvalue weighted by molar-refractivity contribution is -0.143. The first-order chi connectivity index (χ1) is 10.7. The van der Waals surface area contributed by atoms with Gasteiger partial charge in [0.25, 0.3) is 0 Å². The molecule has 1 aromatic rings. The predicted molar refractivity (Wildman–Crippen MR) is 87.7 cm³/mol. The van der Waals surface area contributed by atoms with Crippen molar-refractivity contribution in [2.75, 3.05) is 6.61 Å². The molecular weight excluding hydrogens is 297 g/mol. The van der Waals surface area contributed by atoms with Crippen LogP contribution in [0.3, 0.4) is 0 Å². The molecule has 23 heavy (non-hydrogen) atoms. The van der Waals surface area contributed by atoms with Gasteiger partial charge in [-0.2, -0.15) is 0 Å². The maximum absolute atomic E-state index is 11.9. The topological polar surface area (TPSA) is 66.8 Å². The van der Waals surface area contributed by atoms with Gasteiger partial charge in [-0.05, 0) is 40.1 Å². The Bertz CT molecular complexity index is 622. The monoisotopic (exact) mass is 321 g/mol. The molecule has 1 fully saturated rings. The minimum Gasteiger partial charge on any atom is -0.466 e. The van der Waals surface area contributed by atoms with Gasteiger partial charge in [0.15, 0.2) is 0 Å². The van der Waals surface area contributed by atoms with Gasteiger partial charge in [-0.25, -0.2) is 0 Å². The molecule has 0 bridgehead atoms. The van der Waals surface area contributed by atoms with Crippen LogP contribution in [0.2, 0.25) is 0 Å². The summed E-state index contributed by atoms with van der Waals surface area (Å²) < 4.78 is 18.3. The van der Waals surface area contributed by atoms with Crippen LogP contribution in [-0.2, 0) is 25.4 Å². The molecule has 0 aromatic carbocycles. The van der Waals surface area contributed by atoms with E-state index in [1.54, 1.807) is 19.2 Å². The van der Waals surface area contributed by atoms with Gasteiger partial charge >= 0.3 is 13.1 Å². The van der Waals surface area contributed by atoms with E-state index in [2.05, 4.69) is 0 Å². The molecular formula is C16H24BNO5. The van der Waals surface area contributed by atoms with Crippen LogP contribution in [-0.4, -0.2) is 35.5 Å². The Labute approximate surface area is 136 Å². The number of aryl methyl sites for hydroxylation is 1. The molecule has 7 heteroatoms. The summed E-state index contributed by atoms with van der Waals surface area (Å²) in [6.07, 6.45) is 1.84. The Morgan fingerprint density at radius 2 is 1.83 bits per heavy atom. The van der Waals surface area contributed by atoms with E-state index < -0.39 is 18.3 Å². The van der Waals surface area contributed by atoms with E-state index in [-0.39, 0.29) is 24.5 Å². The van der Waals surface area contributed by atoms with E-state index in [0.717, 1.165) is 5.46 Å². The third-order valence-electron chi connectivity index (χ3n) is 4.39.